The normalized spacial score (nSPS) is 15.1. The summed E-state index contributed by atoms with van der Waals surface area (Å²) in [6.07, 6.45) is 0. The Morgan fingerprint density at radius 2 is 1.04 bits per heavy atom. The van der Waals surface area contributed by atoms with E-state index in [0.29, 0.717) is 32.2 Å². The average Bonchev–Trinajstić information content (AvgIpc) is 1.17. The number of hydrogen-bond acceptors (Lipinski definition) is 8. The molecular weight excluding hydrogens is 1030 g/mol. The summed E-state index contributed by atoms with van der Waals surface area (Å²) in [5.41, 5.74) is 22.2. The minimum atomic E-state index is -0.242. The van der Waals surface area contributed by atoms with Gasteiger partial charge in [-0.2, -0.15) is 0 Å². The second-order valence-electron chi connectivity index (χ2n) is 25.8. The Bertz CT molecular complexity index is 4510. The second kappa shape index (κ2) is 18.3. The first-order chi connectivity index (χ1) is 40.6. The number of rotatable bonds is 6. The molecule has 0 saturated carbocycles. The molecule has 0 N–H and O–H groups in total. The van der Waals surface area contributed by atoms with Crippen molar-refractivity contribution in [2.75, 3.05) is 41.1 Å². The maximum absolute atomic E-state index is 6.52. The lowest BCUT2D eigenvalue weighted by Crippen LogP contribution is -2.61. The molecule has 0 bridgehead atoms. The van der Waals surface area contributed by atoms with Crippen LogP contribution in [0, 0.1) is 0 Å². The van der Waals surface area contributed by atoms with E-state index in [1.165, 1.54) is 44.3 Å². The van der Waals surface area contributed by atoms with Crippen LogP contribution >= 0.6 is 0 Å². The van der Waals surface area contributed by atoms with Gasteiger partial charge in [0.15, 0.2) is 23.0 Å². The molecule has 0 unspecified atom stereocenters. The Morgan fingerprint density at radius 3 is 1.80 bits per heavy atom. The highest BCUT2D eigenvalue weighted by Gasteiger charge is 2.46. The minimum Gasteiger partial charge on any atom is -0.486 e. The predicted molar refractivity (Wildman–Crippen MR) is 345 cm³/mol. The van der Waals surface area contributed by atoms with Gasteiger partial charge in [0.05, 0.1) is 11.4 Å². The number of benzene rings is 10. The molecular formula is C75H64BN3O5. The molecule has 8 nitrogen and oxygen atoms in total. The summed E-state index contributed by atoms with van der Waals surface area (Å²) >= 11 is 0. The molecule has 11 aromatic rings. The summed E-state index contributed by atoms with van der Waals surface area (Å²) in [4.78, 5) is 7.45. The zero-order chi connectivity index (χ0) is 57.0. The van der Waals surface area contributed by atoms with Crippen molar-refractivity contribution in [3.63, 3.8) is 0 Å². The van der Waals surface area contributed by atoms with Gasteiger partial charge in [-0.25, -0.2) is 0 Å². The first kappa shape index (κ1) is 50.4. The molecule has 5 aliphatic rings. The highest BCUT2D eigenvalue weighted by molar-refractivity contribution is 7.00. The third kappa shape index (κ3) is 7.88. The van der Waals surface area contributed by atoms with Gasteiger partial charge in [0, 0.05) is 68.3 Å². The summed E-state index contributed by atoms with van der Waals surface area (Å²) in [6.45, 7) is 20.3. The van der Waals surface area contributed by atoms with Crippen molar-refractivity contribution in [1.82, 2.24) is 0 Å². The molecule has 1 aliphatic carbocycles. The van der Waals surface area contributed by atoms with E-state index in [2.05, 4.69) is 252 Å². The van der Waals surface area contributed by atoms with Crippen molar-refractivity contribution in [2.45, 2.75) is 71.6 Å². The average molecular weight is 1100 g/mol. The Balaban J connectivity index is 0.988. The lowest BCUT2D eigenvalue weighted by atomic mass is 9.33. The van der Waals surface area contributed by atoms with Crippen molar-refractivity contribution in [2.24, 2.45) is 0 Å². The van der Waals surface area contributed by atoms with Crippen LogP contribution in [-0.4, -0.2) is 33.1 Å². The van der Waals surface area contributed by atoms with Crippen LogP contribution in [0.1, 0.15) is 77.6 Å². The zero-order valence-electron chi connectivity index (χ0n) is 48.8. The van der Waals surface area contributed by atoms with Crippen molar-refractivity contribution in [3.05, 3.63) is 216 Å². The number of fused-ring (bicyclic) bond motifs is 11. The van der Waals surface area contributed by atoms with Crippen molar-refractivity contribution in [3.8, 4) is 45.4 Å². The molecule has 0 atom stereocenters. The highest BCUT2D eigenvalue weighted by Crippen LogP contribution is 2.54. The maximum atomic E-state index is 6.52. The summed E-state index contributed by atoms with van der Waals surface area (Å²) in [5.74, 6) is 3.79. The molecule has 9 heteroatoms. The van der Waals surface area contributed by atoms with Crippen LogP contribution in [0.15, 0.2) is 199 Å². The molecule has 412 valence electrons. The molecule has 0 fully saturated rings. The summed E-state index contributed by atoms with van der Waals surface area (Å²) in [5, 5.41) is 3.33. The van der Waals surface area contributed by atoms with Gasteiger partial charge >= 0.3 is 0 Å². The fourth-order valence-electron chi connectivity index (χ4n) is 13.9. The van der Waals surface area contributed by atoms with E-state index in [-0.39, 0.29) is 23.0 Å². The lowest BCUT2D eigenvalue weighted by molar-refractivity contribution is 0.171. The molecule has 0 spiro atoms. The molecule has 1 aromatic heterocycles. The van der Waals surface area contributed by atoms with Crippen LogP contribution in [0.3, 0.4) is 0 Å². The SMILES string of the molecule is CC(C)(C)c1ccc(N2c3ccc(C(C)(C)C)cc3B3c4cc5c(cc4N(c4ccc6c(c4)OCCO6)c4cc(N(c6ccc7c(c6)C(C)(C)c6ccccc6-7)c6ccc7cc(-c8cc9ccccc9o8)ccc7c6)cc2c43)OCCO5)cc1. The Morgan fingerprint density at radius 1 is 0.429 bits per heavy atom. The Labute approximate surface area is 491 Å². The van der Waals surface area contributed by atoms with E-state index in [4.69, 9.17) is 23.4 Å². The van der Waals surface area contributed by atoms with Gasteiger partial charge in [0.2, 0.25) is 0 Å². The molecule has 5 heterocycles. The number of anilines is 9. The topological polar surface area (TPSA) is 59.8 Å². The zero-order valence-corrected chi connectivity index (χ0v) is 48.8. The maximum Gasteiger partial charge on any atom is 0.252 e. The van der Waals surface area contributed by atoms with E-state index in [1.807, 2.05) is 12.1 Å². The van der Waals surface area contributed by atoms with Crippen molar-refractivity contribution >= 4 is 96.0 Å². The van der Waals surface area contributed by atoms with Crippen LogP contribution < -0.4 is 50.0 Å². The third-order valence-corrected chi connectivity index (χ3v) is 18.2. The van der Waals surface area contributed by atoms with E-state index in [1.54, 1.807) is 0 Å². The first-order valence-corrected chi connectivity index (χ1v) is 29.6. The molecule has 0 amide bonds. The molecule has 4 aliphatic heterocycles. The van der Waals surface area contributed by atoms with Gasteiger partial charge in [0.25, 0.3) is 6.71 Å². The smallest absolute Gasteiger partial charge is 0.252 e. The van der Waals surface area contributed by atoms with Gasteiger partial charge in [-0.15, -0.1) is 0 Å². The van der Waals surface area contributed by atoms with Crippen LogP contribution in [0.2, 0.25) is 0 Å². The summed E-state index contributed by atoms with van der Waals surface area (Å²) in [6, 6.07) is 72.1. The van der Waals surface area contributed by atoms with Crippen LogP contribution in [-0.2, 0) is 16.2 Å². The minimum absolute atomic E-state index is 0.0377. The molecule has 10 aromatic carbocycles. The van der Waals surface area contributed by atoms with Gasteiger partial charge in [0.1, 0.15) is 37.8 Å². The highest BCUT2D eigenvalue weighted by atomic mass is 16.6. The number of hydrogen-bond donors (Lipinski definition) is 0. The van der Waals surface area contributed by atoms with E-state index in [0.717, 1.165) is 107 Å². The fraction of sp³-hybridized carbons (Fsp3) is 0.200. The quantitative estimate of drug-likeness (QED) is 0.153. The van der Waals surface area contributed by atoms with E-state index in [9.17, 15) is 0 Å². The van der Waals surface area contributed by atoms with Crippen molar-refractivity contribution < 1.29 is 23.4 Å². The van der Waals surface area contributed by atoms with E-state index < -0.39 is 0 Å². The molecule has 0 radical (unpaired) electrons. The molecule has 0 saturated heterocycles. The number of ether oxygens (including phenoxy) is 4. The molecule has 16 rings (SSSR count). The Hall–Kier alpha value is -9.34. The van der Waals surface area contributed by atoms with Gasteiger partial charge in [-0.3, -0.25) is 0 Å². The van der Waals surface area contributed by atoms with Gasteiger partial charge < -0.3 is 38.1 Å². The number of furan rings is 1. The van der Waals surface area contributed by atoms with Gasteiger partial charge in [-0.1, -0.05) is 146 Å². The predicted octanol–water partition coefficient (Wildman–Crippen LogP) is 17.2. The standard InChI is InChI=1S/C75H64BN3O5/c1-73(2,3)49-20-24-51(25-21-49)78-62-29-22-50(74(4,5)6)38-60(62)76-61-43-70-71(83-34-33-82-70)44-63(61)79(54-27-30-67-69(42-54)81-32-31-80-67)65-41-55(40-64(78)72(65)76)77(53-26-28-57-56-14-10-11-15-58(56)75(7,8)59(57)39-53)52-23-19-45-35-48(18-17-46(45)36-52)68-37-47-13-9-12-16-66(47)84-68/h9-30,35-44H,31-34H2,1-8H3. The van der Waals surface area contributed by atoms with E-state index >= 15 is 0 Å². The second-order valence-corrected chi connectivity index (χ2v) is 25.8. The lowest BCUT2D eigenvalue weighted by Gasteiger charge is -2.45. The third-order valence-electron chi connectivity index (χ3n) is 18.2. The summed E-state index contributed by atoms with van der Waals surface area (Å²) in [7, 11) is 0. The fourth-order valence-corrected chi connectivity index (χ4v) is 13.9. The summed E-state index contributed by atoms with van der Waals surface area (Å²) < 4.78 is 32.1. The number of nitrogens with zero attached hydrogens (tertiary/aromatic N) is 3. The van der Waals surface area contributed by atoms with Gasteiger partial charge in [-0.05, 0) is 162 Å². The monoisotopic (exact) mass is 1100 g/mol. The largest absolute Gasteiger partial charge is 0.486 e. The van der Waals surface area contributed by atoms with Crippen molar-refractivity contribution in [1.29, 1.82) is 0 Å². The van der Waals surface area contributed by atoms with Crippen LogP contribution in [0.25, 0.3) is 44.2 Å². The molecule has 84 heavy (non-hydrogen) atoms. The number of para-hydroxylation sites is 1. The Kier molecular flexibility index (Phi) is 11.0. The van der Waals surface area contributed by atoms with Crippen LogP contribution in [0.5, 0.6) is 23.0 Å². The van der Waals surface area contributed by atoms with Crippen LogP contribution in [0.4, 0.5) is 51.2 Å². The first-order valence-electron chi connectivity index (χ1n) is 29.6.